The van der Waals surface area contributed by atoms with E-state index in [0.717, 1.165) is 19.4 Å². The molecule has 1 saturated heterocycles. The number of carbonyl (C=O) groups is 1. The summed E-state index contributed by atoms with van der Waals surface area (Å²) in [4.78, 5) is 25.8. The summed E-state index contributed by atoms with van der Waals surface area (Å²) in [6, 6.07) is 3.11. The number of aromatic nitrogens is 1. The standard InChI is InChI=1S/C16H24N2O3/c1-12(2)11-21-14-5-8-18(9-6-14)16(20)13-4-7-17(3)15(19)10-13/h4,7,10,12,14H,5-6,8-9,11H2,1-3H3. The molecule has 0 bridgehead atoms. The molecule has 0 aliphatic carbocycles. The summed E-state index contributed by atoms with van der Waals surface area (Å²) in [5, 5.41) is 0. The van der Waals surface area contributed by atoms with Crippen molar-refractivity contribution in [2.24, 2.45) is 13.0 Å². The fraction of sp³-hybridized carbons (Fsp3) is 0.625. The lowest BCUT2D eigenvalue weighted by Crippen LogP contribution is -2.41. The van der Waals surface area contributed by atoms with Crippen LogP contribution in [0.2, 0.25) is 0 Å². The number of aryl methyl sites for hydroxylation is 1. The van der Waals surface area contributed by atoms with Gasteiger partial charge >= 0.3 is 0 Å². The average molecular weight is 292 g/mol. The number of ether oxygens (including phenoxy) is 1. The molecular weight excluding hydrogens is 268 g/mol. The largest absolute Gasteiger partial charge is 0.378 e. The Balaban J connectivity index is 1.91. The zero-order chi connectivity index (χ0) is 15.4. The predicted octanol–water partition coefficient (Wildman–Crippen LogP) is 1.66. The van der Waals surface area contributed by atoms with Gasteiger partial charge in [-0.1, -0.05) is 13.8 Å². The molecule has 1 aromatic heterocycles. The monoisotopic (exact) mass is 292 g/mol. The Hall–Kier alpha value is -1.62. The molecule has 1 amide bonds. The van der Waals surface area contributed by atoms with Crippen LogP contribution in [0.25, 0.3) is 0 Å². The van der Waals surface area contributed by atoms with E-state index in [0.29, 0.717) is 24.6 Å². The van der Waals surface area contributed by atoms with Gasteiger partial charge in [0.05, 0.1) is 6.10 Å². The fourth-order valence-corrected chi connectivity index (χ4v) is 2.42. The molecule has 0 aromatic carbocycles. The molecule has 116 valence electrons. The van der Waals surface area contributed by atoms with Crippen LogP contribution in [0.1, 0.15) is 37.0 Å². The molecular formula is C16H24N2O3. The zero-order valence-electron chi connectivity index (χ0n) is 13.0. The van der Waals surface area contributed by atoms with Crippen molar-refractivity contribution in [2.45, 2.75) is 32.8 Å². The van der Waals surface area contributed by atoms with E-state index in [1.54, 1.807) is 19.3 Å². The number of rotatable bonds is 4. The summed E-state index contributed by atoms with van der Waals surface area (Å²) in [5.41, 5.74) is 0.315. The van der Waals surface area contributed by atoms with Gasteiger partial charge in [-0.15, -0.1) is 0 Å². The van der Waals surface area contributed by atoms with Gasteiger partial charge in [0.1, 0.15) is 0 Å². The van der Waals surface area contributed by atoms with Crippen LogP contribution in [0.15, 0.2) is 23.1 Å². The second-order valence-electron chi connectivity index (χ2n) is 6.08. The molecule has 1 aliphatic heterocycles. The minimum absolute atomic E-state index is 0.0602. The number of carbonyl (C=O) groups excluding carboxylic acids is 1. The maximum Gasteiger partial charge on any atom is 0.254 e. The Bertz CT molecular complexity index is 543. The summed E-state index contributed by atoms with van der Waals surface area (Å²) < 4.78 is 7.28. The second-order valence-corrected chi connectivity index (χ2v) is 6.08. The number of hydrogen-bond acceptors (Lipinski definition) is 3. The van der Waals surface area contributed by atoms with Crippen molar-refractivity contribution in [3.63, 3.8) is 0 Å². The van der Waals surface area contributed by atoms with Crippen LogP contribution in [0.3, 0.4) is 0 Å². The highest BCUT2D eigenvalue weighted by atomic mass is 16.5. The van der Waals surface area contributed by atoms with Crippen molar-refractivity contribution >= 4 is 5.91 Å². The third-order valence-corrected chi connectivity index (χ3v) is 3.75. The molecule has 21 heavy (non-hydrogen) atoms. The lowest BCUT2D eigenvalue weighted by Gasteiger charge is -2.32. The minimum Gasteiger partial charge on any atom is -0.378 e. The van der Waals surface area contributed by atoms with E-state index in [4.69, 9.17) is 4.74 Å². The molecule has 0 atom stereocenters. The highest BCUT2D eigenvalue weighted by molar-refractivity contribution is 5.94. The van der Waals surface area contributed by atoms with Gasteiger partial charge in [0.15, 0.2) is 0 Å². The molecule has 2 heterocycles. The molecule has 1 fully saturated rings. The van der Waals surface area contributed by atoms with Crippen LogP contribution >= 0.6 is 0 Å². The Morgan fingerprint density at radius 3 is 2.62 bits per heavy atom. The molecule has 0 radical (unpaired) electrons. The van der Waals surface area contributed by atoms with Crippen molar-refractivity contribution in [3.8, 4) is 0 Å². The Kier molecular flexibility index (Phi) is 5.17. The molecule has 2 rings (SSSR count). The topological polar surface area (TPSA) is 51.5 Å². The SMILES string of the molecule is CC(C)COC1CCN(C(=O)c2ccn(C)c(=O)c2)CC1. The highest BCUT2D eigenvalue weighted by Crippen LogP contribution is 2.16. The van der Waals surface area contributed by atoms with Gasteiger partial charge in [-0.2, -0.15) is 0 Å². The summed E-state index contributed by atoms with van der Waals surface area (Å²) in [5.74, 6) is 0.472. The van der Waals surface area contributed by atoms with Gasteiger partial charge in [0.2, 0.25) is 0 Å². The normalized spacial score (nSPS) is 16.5. The first-order chi connectivity index (χ1) is 9.97. The van der Waals surface area contributed by atoms with Crippen LogP contribution in [0.5, 0.6) is 0 Å². The van der Waals surface area contributed by atoms with Gasteiger partial charge in [0, 0.05) is 44.6 Å². The number of amides is 1. The maximum atomic E-state index is 12.4. The van der Waals surface area contributed by atoms with Crippen molar-refractivity contribution in [3.05, 3.63) is 34.2 Å². The van der Waals surface area contributed by atoms with Crippen LogP contribution < -0.4 is 5.56 Å². The average Bonchev–Trinajstić information content (AvgIpc) is 2.48. The molecule has 0 saturated carbocycles. The summed E-state index contributed by atoms with van der Waals surface area (Å²) in [6.45, 7) is 6.42. The van der Waals surface area contributed by atoms with E-state index in [9.17, 15) is 9.59 Å². The maximum absolute atomic E-state index is 12.4. The summed E-state index contributed by atoms with van der Waals surface area (Å²) in [7, 11) is 1.67. The number of likely N-dealkylation sites (tertiary alicyclic amines) is 1. The number of pyridine rings is 1. The van der Waals surface area contributed by atoms with E-state index >= 15 is 0 Å². The van der Waals surface area contributed by atoms with Crippen LogP contribution in [-0.4, -0.2) is 41.2 Å². The molecule has 5 heteroatoms. The van der Waals surface area contributed by atoms with Gasteiger partial charge < -0.3 is 14.2 Å². The van der Waals surface area contributed by atoms with Crippen LogP contribution in [-0.2, 0) is 11.8 Å². The number of nitrogens with zero attached hydrogens (tertiary/aromatic N) is 2. The lowest BCUT2D eigenvalue weighted by atomic mass is 10.1. The van der Waals surface area contributed by atoms with Crippen molar-refractivity contribution < 1.29 is 9.53 Å². The predicted molar refractivity (Wildman–Crippen MR) is 81.4 cm³/mol. The van der Waals surface area contributed by atoms with E-state index in [-0.39, 0.29) is 17.6 Å². The van der Waals surface area contributed by atoms with Crippen LogP contribution in [0.4, 0.5) is 0 Å². The van der Waals surface area contributed by atoms with Crippen molar-refractivity contribution in [1.29, 1.82) is 0 Å². The number of piperidine rings is 1. The van der Waals surface area contributed by atoms with E-state index in [1.807, 2.05) is 4.90 Å². The third-order valence-electron chi connectivity index (χ3n) is 3.75. The summed E-state index contributed by atoms with van der Waals surface area (Å²) >= 11 is 0. The van der Waals surface area contributed by atoms with Gasteiger partial charge in [-0.3, -0.25) is 9.59 Å². The van der Waals surface area contributed by atoms with Gasteiger partial charge in [0.25, 0.3) is 11.5 Å². The lowest BCUT2D eigenvalue weighted by molar-refractivity contribution is -0.00231. The quantitative estimate of drug-likeness (QED) is 0.848. The molecule has 1 aliphatic rings. The number of hydrogen-bond donors (Lipinski definition) is 0. The fourth-order valence-electron chi connectivity index (χ4n) is 2.42. The Labute approximate surface area is 125 Å². The molecule has 0 N–H and O–H groups in total. The first kappa shape index (κ1) is 15.8. The van der Waals surface area contributed by atoms with Gasteiger partial charge in [-0.25, -0.2) is 0 Å². The third kappa shape index (κ3) is 4.17. The van der Waals surface area contributed by atoms with Crippen molar-refractivity contribution in [1.82, 2.24) is 9.47 Å². The van der Waals surface area contributed by atoms with E-state index in [1.165, 1.54) is 10.6 Å². The Morgan fingerprint density at radius 1 is 1.38 bits per heavy atom. The zero-order valence-corrected chi connectivity index (χ0v) is 13.0. The Morgan fingerprint density at radius 2 is 2.05 bits per heavy atom. The molecule has 5 nitrogen and oxygen atoms in total. The first-order valence-corrected chi connectivity index (χ1v) is 7.55. The minimum atomic E-state index is -0.156. The second kappa shape index (κ2) is 6.89. The van der Waals surface area contributed by atoms with E-state index < -0.39 is 0 Å². The summed E-state index contributed by atoms with van der Waals surface area (Å²) in [6.07, 6.45) is 3.61. The highest BCUT2D eigenvalue weighted by Gasteiger charge is 2.24. The van der Waals surface area contributed by atoms with E-state index in [2.05, 4.69) is 13.8 Å². The van der Waals surface area contributed by atoms with Crippen molar-refractivity contribution in [2.75, 3.05) is 19.7 Å². The smallest absolute Gasteiger partial charge is 0.254 e. The first-order valence-electron chi connectivity index (χ1n) is 7.55. The molecule has 0 spiro atoms. The molecule has 1 aromatic rings. The van der Waals surface area contributed by atoms with Crippen LogP contribution in [0, 0.1) is 5.92 Å². The van der Waals surface area contributed by atoms with Gasteiger partial charge in [-0.05, 0) is 24.8 Å². The molecule has 0 unspecified atom stereocenters.